The van der Waals surface area contributed by atoms with Gasteiger partial charge in [0.2, 0.25) is 0 Å². The SMILES string of the molecule is COc1ccc(CNc2cc(N3CCOCC3)ncc2C#N)cc1. The molecule has 2 aromatic rings. The van der Waals surface area contributed by atoms with Crippen LogP contribution in [0.1, 0.15) is 11.1 Å². The maximum Gasteiger partial charge on any atom is 0.130 e. The third-order valence-electron chi connectivity index (χ3n) is 3.99. The third kappa shape index (κ3) is 3.76. The first-order valence-corrected chi connectivity index (χ1v) is 7.90. The molecule has 0 saturated carbocycles. The van der Waals surface area contributed by atoms with Crippen LogP contribution in [0.4, 0.5) is 11.5 Å². The van der Waals surface area contributed by atoms with E-state index >= 15 is 0 Å². The van der Waals surface area contributed by atoms with E-state index in [2.05, 4.69) is 21.3 Å². The van der Waals surface area contributed by atoms with Gasteiger partial charge in [0.05, 0.1) is 31.6 Å². The lowest BCUT2D eigenvalue weighted by molar-refractivity contribution is 0.122. The molecule has 0 spiro atoms. The Balaban J connectivity index is 1.73. The lowest BCUT2D eigenvalue weighted by Gasteiger charge is -2.28. The number of anilines is 2. The summed E-state index contributed by atoms with van der Waals surface area (Å²) >= 11 is 0. The van der Waals surface area contributed by atoms with E-state index in [-0.39, 0.29) is 0 Å². The highest BCUT2D eigenvalue weighted by atomic mass is 16.5. The zero-order valence-corrected chi connectivity index (χ0v) is 13.7. The summed E-state index contributed by atoms with van der Waals surface area (Å²) in [6.45, 7) is 3.67. The van der Waals surface area contributed by atoms with E-state index in [0.29, 0.717) is 25.3 Å². The normalized spacial score (nSPS) is 14.1. The van der Waals surface area contributed by atoms with Crippen LogP contribution in [0.25, 0.3) is 0 Å². The molecule has 2 heterocycles. The zero-order chi connectivity index (χ0) is 16.8. The molecule has 1 aliphatic heterocycles. The first-order valence-electron chi connectivity index (χ1n) is 7.90. The number of methoxy groups -OCH3 is 1. The zero-order valence-electron chi connectivity index (χ0n) is 13.7. The number of ether oxygens (including phenoxy) is 2. The Morgan fingerprint density at radius 1 is 1.29 bits per heavy atom. The van der Waals surface area contributed by atoms with Gasteiger partial charge in [-0.05, 0) is 17.7 Å². The van der Waals surface area contributed by atoms with E-state index in [1.54, 1.807) is 13.3 Å². The molecular weight excluding hydrogens is 304 g/mol. The second-order valence-electron chi connectivity index (χ2n) is 5.50. The van der Waals surface area contributed by atoms with Crippen LogP contribution >= 0.6 is 0 Å². The Morgan fingerprint density at radius 3 is 2.71 bits per heavy atom. The topological polar surface area (TPSA) is 70.4 Å². The van der Waals surface area contributed by atoms with E-state index in [1.165, 1.54) is 0 Å². The third-order valence-corrected chi connectivity index (χ3v) is 3.99. The summed E-state index contributed by atoms with van der Waals surface area (Å²) in [6, 6.07) is 12.0. The van der Waals surface area contributed by atoms with Gasteiger partial charge in [-0.3, -0.25) is 0 Å². The molecule has 0 unspecified atom stereocenters. The van der Waals surface area contributed by atoms with Gasteiger partial charge >= 0.3 is 0 Å². The summed E-state index contributed by atoms with van der Waals surface area (Å²) in [7, 11) is 1.65. The number of morpholine rings is 1. The Bertz CT molecular complexity index is 719. The first-order chi connectivity index (χ1) is 11.8. The molecule has 3 rings (SSSR count). The van der Waals surface area contributed by atoms with Gasteiger partial charge in [0, 0.05) is 31.9 Å². The maximum atomic E-state index is 9.31. The van der Waals surface area contributed by atoms with E-state index in [0.717, 1.165) is 35.9 Å². The van der Waals surface area contributed by atoms with Gasteiger partial charge in [-0.2, -0.15) is 5.26 Å². The molecule has 1 aromatic heterocycles. The van der Waals surface area contributed by atoms with Gasteiger partial charge < -0.3 is 19.7 Å². The molecule has 0 radical (unpaired) electrons. The molecule has 0 aliphatic carbocycles. The number of pyridine rings is 1. The van der Waals surface area contributed by atoms with Crippen LogP contribution in [0, 0.1) is 11.3 Å². The van der Waals surface area contributed by atoms with Crippen LogP contribution in [-0.4, -0.2) is 38.4 Å². The molecule has 6 nitrogen and oxygen atoms in total. The van der Waals surface area contributed by atoms with Crippen LogP contribution < -0.4 is 15.0 Å². The average molecular weight is 324 g/mol. The standard InChI is InChI=1S/C18H20N4O2/c1-23-16-4-2-14(3-5-16)12-20-17-10-18(21-13-15(17)11-19)22-6-8-24-9-7-22/h2-5,10,13H,6-9,12H2,1H3,(H,20,21). The van der Waals surface area contributed by atoms with Gasteiger partial charge in [0.1, 0.15) is 17.6 Å². The van der Waals surface area contributed by atoms with Crippen molar-refractivity contribution in [3.05, 3.63) is 47.7 Å². The van der Waals surface area contributed by atoms with Crippen molar-refractivity contribution >= 4 is 11.5 Å². The summed E-state index contributed by atoms with van der Waals surface area (Å²) in [5.74, 6) is 1.70. The predicted molar refractivity (Wildman–Crippen MR) is 92.3 cm³/mol. The number of nitriles is 1. The Labute approximate surface area is 141 Å². The van der Waals surface area contributed by atoms with Crippen LogP contribution in [0.15, 0.2) is 36.5 Å². The van der Waals surface area contributed by atoms with Crippen molar-refractivity contribution in [1.29, 1.82) is 5.26 Å². The first kappa shape index (κ1) is 16.1. The summed E-state index contributed by atoms with van der Waals surface area (Å²) in [5.41, 5.74) is 2.45. The second kappa shape index (κ2) is 7.66. The van der Waals surface area contributed by atoms with Crippen LogP contribution in [-0.2, 0) is 11.3 Å². The van der Waals surface area contributed by atoms with Crippen molar-refractivity contribution < 1.29 is 9.47 Å². The maximum absolute atomic E-state index is 9.31. The fraction of sp³-hybridized carbons (Fsp3) is 0.333. The molecule has 1 fully saturated rings. The summed E-state index contributed by atoms with van der Waals surface area (Å²) in [5, 5.41) is 12.6. The van der Waals surface area contributed by atoms with Crippen molar-refractivity contribution in [2.24, 2.45) is 0 Å². The molecule has 1 saturated heterocycles. The van der Waals surface area contributed by atoms with E-state index in [1.807, 2.05) is 30.3 Å². The monoisotopic (exact) mass is 324 g/mol. The molecule has 1 aliphatic rings. The number of hydrogen-bond donors (Lipinski definition) is 1. The quantitative estimate of drug-likeness (QED) is 0.911. The summed E-state index contributed by atoms with van der Waals surface area (Å²) in [6.07, 6.45) is 1.63. The highest BCUT2D eigenvalue weighted by molar-refractivity contribution is 5.62. The van der Waals surface area contributed by atoms with Gasteiger partial charge in [-0.15, -0.1) is 0 Å². The second-order valence-corrected chi connectivity index (χ2v) is 5.50. The van der Waals surface area contributed by atoms with Gasteiger partial charge in [0.15, 0.2) is 0 Å². The molecule has 0 atom stereocenters. The molecule has 1 N–H and O–H groups in total. The average Bonchev–Trinajstić information content (AvgIpc) is 2.67. The minimum absolute atomic E-state index is 0.542. The van der Waals surface area contributed by atoms with Crippen molar-refractivity contribution in [2.75, 3.05) is 43.6 Å². The van der Waals surface area contributed by atoms with E-state index in [9.17, 15) is 5.26 Å². The molecule has 1 aromatic carbocycles. The van der Waals surface area contributed by atoms with E-state index in [4.69, 9.17) is 9.47 Å². The predicted octanol–water partition coefficient (Wildman–Crippen LogP) is 2.41. The van der Waals surface area contributed by atoms with Gasteiger partial charge in [0.25, 0.3) is 0 Å². The molecule has 24 heavy (non-hydrogen) atoms. The molecule has 124 valence electrons. The molecule has 6 heteroatoms. The van der Waals surface area contributed by atoms with E-state index < -0.39 is 0 Å². The number of nitrogens with one attached hydrogen (secondary N) is 1. The Morgan fingerprint density at radius 2 is 2.04 bits per heavy atom. The number of nitrogens with zero attached hydrogens (tertiary/aromatic N) is 3. The fourth-order valence-electron chi connectivity index (χ4n) is 2.59. The number of hydrogen-bond acceptors (Lipinski definition) is 6. The summed E-state index contributed by atoms with van der Waals surface area (Å²) in [4.78, 5) is 6.57. The molecule has 0 amide bonds. The lowest BCUT2D eigenvalue weighted by Crippen LogP contribution is -2.36. The highest BCUT2D eigenvalue weighted by Crippen LogP contribution is 2.22. The number of aromatic nitrogens is 1. The van der Waals surface area contributed by atoms with Crippen LogP contribution in [0.5, 0.6) is 5.75 Å². The van der Waals surface area contributed by atoms with Gasteiger partial charge in [-0.25, -0.2) is 4.98 Å². The number of benzene rings is 1. The Hall–Kier alpha value is -2.78. The molecule has 0 bridgehead atoms. The van der Waals surface area contributed by atoms with Crippen molar-refractivity contribution in [2.45, 2.75) is 6.54 Å². The Kier molecular flexibility index (Phi) is 5.14. The van der Waals surface area contributed by atoms with Crippen LogP contribution in [0.3, 0.4) is 0 Å². The largest absolute Gasteiger partial charge is 0.497 e. The molecular formula is C18H20N4O2. The number of rotatable bonds is 5. The van der Waals surface area contributed by atoms with Gasteiger partial charge in [-0.1, -0.05) is 12.1 Å². The fourth-order valence-corrected chi connectivity index (χ4v) is 2.59. The van der Waals surface area contributed by atoms with Crippen molar-refractivity contribution in [3.8, 4) is 11.8 Å². The van der Waals surface area contributed by atoms with Crippen LogP contribution in [0.2, 0.25) is 0 Å². The highest BCUT2D eigenvalue weighted by Gasteiger charge is 2.14. The van der Waals surface area contributed by atoms with Crippen molar-refractivity contribution in [1.82, 2.24) is 4.98 Å². The lowest BCUT2D eigenvalue weighted by atomic mass is 10.2. The van der Waals surface area contributed by atoms with Crippen molar-refractivity contribution in [3.63, 3.8) is 0 Å². The minimum atomic E-state index is 0.542. The smallest absolute Gasteiger partial charge is 0.130 e. The minimum Gasteiger partial charge on any atom is -0.497 e. The summed E-state index contributed by atoms with van der Waals surface area (Å²) < 4.78 is 10.5.